The number of hydrogen-bond donors (Lipinski definition) is 2. The van der Waals surface area contributed by atoms with Gasteiger partial charge < -0.3 is 10.4 Å². The number of carbonyl (C=O) groups is 1. The second-order valence-corrected chi connectivity index (χ2v) is 8.95. The van der Waals surface area contributed by atoms with Crippen LogP contribution in [0, 0.1) is 12.7 Å². The van der Waals surface area contributed by atoms with Crippen LogP contribution in [0.3, 0.4) is 0 Å². The van der Waals surface area contributed by atoms with Crippen molar-refractivity contribution in [1.29, 1.82) is 0 Å². The molecule has 0 aliphatic carbocycles. The van der Waals surface area contributed by atoms with Crippen molar-refractivity contribution >= 4 is 17.5 Å². The van der Waals surface area contributed by atoms with Crippen LogP contribution in [0.1, 0.15) is 45.6 Å². The van der Waals surface area contributed by atoms with Crippen LogP contribution in [-0.2, 0) is 18.7 Å². The van der Waals surface area contributed by atoms with Crippen LogP contribution in [-0.4, -0.2) is 34.0 Å². The van der Waals surface area contributed by atoms with Gasteiger partial charge in [0.25, 0.3) is 5.91 Å². The Bertz CT molecular complexity index is 1130. The Morgan fingerprint density at radius 2 is 1.88 bits per heavy atom. The van der Waals surface area contributed by atoms with Gasteiger partial charge in [0.15, 0.2) is 0 Å². The number of pyridine rings is 1. The Balaban J connectivity index is 1.42. The van der Waals surface area contributed by atoms with Gasteiger partial charge in [-0.15, -0.1) is 0 Å². The average molecular weight is 468 g/mol. The molecule has 0 radical (unpaired) electrons. The molecular weight excluding hydrogens is 441 g/mol. The van der Waals surface area contributed by atoms with Gasteiger partial charge in [-0.2, -0.15) is 0 Å². The predicted octanol–water partition coefficient (Wildman–Crippen LogP) is 4.60. The van der Waals surface area contributed by atoms with Gasteiger partial charge in [-0.05, 0) is 66.8 Å². The number of benzene rings is 2. The van der Waals surface area contributed by atoms with E-state index < -0.39 is 5.60 Å². The molecule has 3 aromatic rings. The van der Waals surface area contributed by atoms with E-state index in [2.05, 4.69) is 15.2 Å². The van der Waals surface area contributed by atoms with Crippen LogP contribution in [0.5, 0.6) is 0 Å². The van der Waals surface area contributed by atoms with Gasteiger partial charge in [0.1, 0.15) is 11.4 Å². The number of aliphatic hydroxyl groups is 1. The highest BCUT2D eigenvalue weighted by Crippen LogP contribution is 2.34. The maximum atomic E-state index is 13.2. The molecule has 2 N–H and O–H groups in total. The molecule has 2 aromatic carbocycles. The third-order valence-electron chi connectivity index (χ3n) is 6.29. The number of hydrogen-bond acceptors (Lipinski definition) is 4. The lowest BCUT2D eigenvalue weighted by Gasteiger charge is -2.38. The summed E-state index contributed by atoms with van der Waals surface area (Å²) in [6.45, 7) is 4.17. The average Bonchev–Trinajstić information content (AvgIpc) is 2.82. The van der Waals surface area contributed by atoms with Crippen LogP contribution in [0.15, 0.2) is 60.8 Å². The zero-order valence-electron chi connectivity index (χ0n) is 18.5. The number of aromatic nitrogens is 1. The van der Waals surface area contributed by atoms with E-state index in [1.54, 1.807) is 36.5 Å². The van der Waals surface area contributed by atoms with Gasteiger partial charge in [-0.3, -0.25) is 14.7 Å². The van der Waals surface area contributed by atoms with Crippen molar-refractivity contribution in [3.63, 3.8) is 0 Å². The first-order valence-corrected chi connectivity index (χ1v) is 11.4. The van der Waals surface area contributed by atoms with Crippen molar-refractivity contribution in [1.82, 2.24) is 15.2 Å². The molecule has 7 heteroatoms. The molecule has 1 aliphatic rings. The van der Waals surface area contributed by atoms with Crippen LogP contribution in [0.2, 0.25) is 5.02 Å². The zero-order valence-corrected chi connectivity index (χ0v) is 19.3. The quantitative estimate of drug-likeness (QED) is 0.556. The van der Waals surface area contributed by atoms with E-state index in [1.165, 1.54) is 12.1 Å². The van der Waals surface area contributed by atoms with Crippen LogP contribution < -0.4 is 5.32 Å². The van der Waals surface area contributed by atoms with Gasteiger partial charge in [-0.1, -0.05) is 35.9 Å². The highest BCUT2D eigenvalue weighted by atomic mass is 35.5. The second-order valence-electron chi connectivity index (χ2n) is 8.54. The fourth-order valence-corrected chi connectivity index (χ4v) is 4.46. The number of amides is 1. The summed E-state index contributed by atoms with van der Waals surface area (Å²) in [4.78, 5) is 19.4. The molecule has 0 bridgehead atoms. The molecule has 172 valence electrons. The number of carbonyl (C=O) groups excluding carboxylic acids is 1. The summed E-state index contributed by atoms with van der Waals surface area (Å²) in [6.07, 6.45) is 2.73. The monoisotopic (exact) mass is 467 g/mol. The molecule has 33 heavy (non-hydrogen) atoms. The Morgan fingerprint density at radius 1 is 1.15 bits per heavy atom. The van der Waals surface area contributed by atoms with Gasteiger partial charge in [0, 0.05) is 43.0 Å². The minimum atomic E-state index is -1.06. The normalized spacial score (nSPS) is 15.9. The minimum absolute atomic E-state index is 0.217. The fraction of sp³-hybridized carbons (Fsp3) is 0.308. The van der Waals surface area contributed by atoms with Crippen molar-refractivity contribution in [2.24, 2.45) is 0 Å². The van der Waals surface area contributed by atoms with Crippen molar-refractivity contribution in [2.75, 3.05) is 13.1 Å². The van der Waals surface area contributed by atoms with E-state index in [-0.39, 0.29) is 18.3 Å². The lowest BCUT2D eigenvalue weighted by atomic mass is 9.85. The van der Waals surface area contributed by atoms with E-state index in [0.29, 0.717) is 48.8 Å². The largest absolute Gasteiger partial charge is 0.383 e. The summed E-state index contributed by atoms with van der Waals surface area (Å²) in [5.74, 6) is -0.460. The summed E-state index contributed by atoms with van der Waals surface area (Å²) in [6, 6.07) is 15.5. The Kier molecular flexibility index (Phi) is 7.08. The maximum absolute atomic E-state index is 13.2. The summed E-state index contributed by atoms with van der Waals surface area (Å²) in [5, 5.41) is 14.9. The molecule has 5 nitrogen and oxygen atoms in total. The van der Waals surface area contributed by atoms with Crippen molar-refractivity contribution in [3.05, 3.63) is 99.6 Å². The summed E-state index contributed by atoms with van der Waals surface area (Å²) in [7, 11) is 0. The number of likely N-dealkylation sites (tertiary alicyclic amines) is 1. The Hall–Kier alpha value is -2.80. The molecule has 0 saturated carbocycles. The highest BCUT2D eigenvalue weighted by Gasteiger charge is 2.36. The molecule has 1 fully saturated rings. The zero-order chi connectivity index (χ0) is 23.4. The lowest BCUT2D eigenvalue weighted by Crippen LogP contribution is -2.43. The standard InChI is InChI=1S/C26H27ClFN3O2/c1-18-22(5-2-6-23(18)27)25(32)30-16-20-4-3-13-29-24(20)26(33)11-14-31(15-12-26)17-19-7-9-21(28)10-8-19/h2-10,13,33H,11-12,14-17H2,1H3,(H,30,32). The van der Waals surface area contributed by atoms with Gasteiger partial charge in [0.2, 0.25) is 0 Å². The fourth-order valence-electron chi connectivity index (χ4n) is 4.29. The second kappa shape index (κ2) is 10.00. The number of nitrogens with zero attached hydrogens (tertiary/aromatic N) is 2. The first-order valence-electron chi connectivity index (χ1n) is 11.0. The predicted molar refractivity (Wildman–Crippen MR) is 126 cm³/mol. The van der Waals surface area contributed by atoms with Crippen molar-refractivity contribution in [2.45, 2.75) is 38.5 Å². The maximum Gasteiger partial charge on any atom is 0.251 e. The van der Waals surface area contributed by atoms with Gasteiger partial charge >= 0.3 is 0 Å². The molecule has 1 saturated heterocycles. The van der Waals surface area contributed by atoms with E-state index in [9.17, 15) is 14.3 Å². The molecule has 0 unspecified atom stereocenters. The summed E-state index contributed by atoms with van der Waals surface area (Å²) >= 11 is 6.15. The van der Waals surface area contributed by atoms with Crippen LogP contribution >= 0.6 is 11.6 Å². The lowest BCUT2D eigenvalue weighted by molar-refractivity contribution is -0.0318. The first kappa shape index (κ1) is 23.4. The van der Waals surface area contributed by atoms with Gasteiger partial charge in [-0.25, -0.2) is 4.39 Å². The van der Waals surface area contributed by atoms with E-state index >= 15 is 0 Å². The number of rotatable bonds is 6. The summed E-state index contributed by atoms with van der Waals surface area (Å²) < 4.78 is 13.2. The molecule has 2 heterocycles. The van der Waals surface area contributed by atoms with Crippen molar-refractivity contribution < 1.29 is 14.3 Å². The number of halogens is 2. The van der Waals surface area contributed by atoms with Crippen molar-refractivity contribution in [3.8, 4) is 0 Å². The molecule has 0 spiro atoms. The van der Waals surface area contributed by atoms with E-state index in [4.69, 9.17) is 11.6 Å². The van der Waals surface area contributed by atoms with Crippen LogP contribution in [0.25, 0.3) is 0 Å². The number of piperidine rings is 1. The smallest absolute Gasteiger partial charge is 0.251 e. The highest BCUT2D eigenvalue weighted by molar-refractivity contribution is 6.31. The van der Waals surface area contributed by atoms with E-state index in [0.717, 1.165) is 16.7 Å². The molecule has 0 atom stereocenters. The Labute approximate surface area is 198 Å². The Morgan fingerprint density at radius 3 is 2.61 bits per heavy atom. The molecule has 1 aliphatic heterocycles. The summed E-state index contributed by atoms with van der Waals surface area (Å²) in [5.41, 5.74) is 2.64. The topological polar surface area (TPSA) is 65.5 Å². The molecular formula is C26H27ClFN3O2. The van der Waals surface area contributed by atoms with Gasteiger partial charge in [0.05, 0.1) is 5.69 Å². The first-order chi connectivity index (χ1) is 15.9. The third-order valence-corrected chi connectivity index (χ3v) is 6.70. The van der Waals surface area contributed by atoms with Crippen LogP contribution in [0.4, 0.5) is 4.39 Å². The van der Waals surface area contributed by atoms with E-state index in [1.807, 2.05) is 19.1 Å². The molecule has 1 amide bonds. The minimum Gasteiger partial charge on any atom is -0.383 e. The molecule has 4 rings (SSSR count). The molecule has 1 aromatic heterocycles. The SMILES string of the molecule is Cc1c(Cl)cccc1C(=O)NCc1cccnc1C1(O)CCN(Cc2ccc(F)cc2)CC1. The number of nitrogens with one attached hydrogen (secondary N) is 1. The third kappa shape index (κ3) is 5.41.